The highest BCUT2D eigenvalue weighted by Gasteiger charge is 2.27. The molecule has 0 spiro atoms. The van der Waals surface area contributed by atoms with E-state index < -0.39 is 0 Å². The Hall–Kier alpha value is -1.32. The molecule has 0 saturated carbocycles. The van der Waals surface area contributed by atoms with Crippen LogP contribution in [0.15, 0.2) is 16.2 Å². The van der Waals surface area contributed by atoms with Crippen LogP contribution >= 0.6 is 0 Å². The van der Waals surface area contributed by atoms with Crippen molar-refractivity contribution in [1.82, 2.24) is 10.3 Å². The van der Waals surface area contributed by atoms with Gasteiger partial charge in [0.1, 0.15) is 0 Å². The highest BCUT2D eigenvalue weighted by Crippen LogP contribution is 2.16. The van der Waals surface area contributed by atoms with E-state index in [-0.39, 0.29) is 5.91 Å². The summed E-state index contributed by atoms with van der Waals surface area (Å²) in [6.45, 7) is 1.29. The number of nitrogens with one attached hydrogen (secondary N) is 1. The van der Waals surface area contributed by atoms with Crippen molar-refractivity contribution in [2.24, 2.45) is 5.10 Å². The molecule has 2 rings (SSSR count). The van der Waals surface area contributed by atoms with Gasteiger partial charge in [0.15, 0.2) is 0 Å². The number of likely N-dealkylation sites (N-methyl/N-ethyl adjacent to an activating group) is 1. The minimum Gasteiger partial charge on any atom is -0.338 e. The summed E-state index contributed by atoms with van der Waals surface area (Å²) in [6, 6.07) is 0. The van der Waals surface area contributed by atoms with Crippen LogP contribution in [0.2, 0.25) is 0 Å². The molecule has 0 aromatic heterocycles. The standard InChI is InChI=1S/C7H9N3O/c1-10-4-5-2-8-9-3-6(5)7(10)11/h2,9H,3-4H2,1H3. The van der Waals surface area contributed by atoms with Crippen molar-refractivity contribution in [1.29, 1.82) is 0 Å². The molecule has 0 atom stereocenters. The Kier molecular flexibility index (Phi) is 1.21. The van der Waals surface area contributed by atoms with Gasteiger partial charge in [-0.25, -0.2) is 0 Å². The van der Waals surface area contributed by atoms with Crippen LogP contribution in [0.1, 0.15) is 0 Å². The van der Waals surface area contributed by atoms with Gasteiger partial charge in [-0.1, -0.05) is 0 Å². The maximum absolute atomic E-state index is 11.3. The van der Waals surface area contributed by atoms with E-state index >= 15 is 0 Å². The van der Waals surface area contributed by atoms with Gasteiger partial charge in [0.2, 0.25) is 0 Å². The van der Waals surface area contributed by atoms with E-state index in [1.54, 1.807) is 18.2 Å². The average molecular weight is 151 g/mol. The zero-order chi connectivity index (χ0) is 7.84. The third-order valence-electron chi connectivity index (χ3n) is 1.97. The summed E-state index contributed by atoms with van der Waals surface area (Å²) in [4.78, 5) is 13.0. The molecule has 0 unspecified atom stereocenters. The maximum Gasteiger partial charge on any atom is 0.252 e. The number of hydrogen-bond donors (Lipinski definition) is 1. The fourth-order valence-corrected chi connectivity index (χ4v) is 1.35. The van der Waals surface area contributed by atoms with E-state index in [9.17, 15) is 4.79 Å². The topological polar surface area (TPSA) is 44.7 Å². The number of rotatable bonds is 0. The number of hydrogen-bond acceptors (Lipinski definition) is 3. The van der Waals surface area contributed by atoms with Crippen molar-refractivity contribution in [2.75, 3.05) is 20.1 Å². The fourth-order valence-electron chi connectivity index (χ4n) is 1.35. The van der Waals surface area contributed by atoms with E-state index in [2.05, 4.69) is 10.5 Å². The van der Waals surface area contributed by atoms with Crippen molar-refractivity contribution in [3.8, 4) is 0 Å². The van der Waals surface area contributed by atoms with Crippen molar-refractivity contribution >= 4 is 12.1 Å². The summed E-state index contributed by atoms with van der Waals surface area (Å²) < 4.78 is 0. The zero-order valence-electron chi connectivity index (χ0n) is 6.29. The van der Waals surface area contributed by atoms with Crippen LogP contribution in [-0.2, 0) is 4.79 Å². The lowest BCUT2D eigenvalue weighted by Gasteiger charge is -2.07. The molecule has 0 aromatic carbocycles. The largest absolute Gasteiger partial charge is 0.338 e. The number of nitrogens with zero attached hydrogens (tertiary/aromatic N) is 2. The molecule has 1 N–H and O–H groups in total. The summed E-state index contributed by atoms with van der Waals surface area (Å²) >= 11 is 0. The average Bonchev–Trinajstić information content (AvgIpc) is 2.30. The summed E-state index contributed by atoms with van der Waals surface area (Å²) in [5.41, 5.74) is 4.69. The van der Waals surface area contributed by atoms with Gasteiger partial charge < -0.3 is 10.3 Å². The van der Waals surface area contributed by atoms with Gasteiger partial charge in [0.05, 0.1) is 12.8 Å². The smallest absolute Gasteiger partial charge is 0.252 e. The highest BCUT2D eigenvalue weighted by molar-refractivity contribution is 6.04. The number of carbonyl (C=O) groups excluding carboxylic acids is 1. The molecule has 0 bridgehead atoms. The lowest BCUT2D eigenvalue weighted by atomic mass is 10.1. The third kappa shape index (κ3) is 0.824. The Morgan fingerprint density at radius 2 is 2.55 bits per heavy atom. The minimum absolute atomic E-state index is 0.124. The second-order valence-electron chi connectivity index (χ2n) is 2.76. The Morgan fingerprint density at radius 3 is 3.27 bits per heavy atom. The third-order valence-corrected chi connectivity index (χ3v) is 1.97. The first-order valence-electron chi connectivity index (χ1n) is 3.52. The van der Waals surface area contributed by atoms with Crippen LogP contribution in [0.4, 0.5) is 0 Å². The van der Waals surface area contributed by atoms with Gasteiger partial charge in [-0.15, -0.1) is 0 Å². The second-order valence-corrected chi connectivity index (χ2v) is 2.76. The molecular weight excluding hydrogens is 142 g/mol. The molecule has 2 aliphatic rings. The van der Waals surface area contributed by atoms with Crippen LogP contribution in [-0.4, -0.2) is 37.2 Å². The number of carbonyl (C=O) groups is 1. The summed E-state index contributed by atoms with van der Waals surface area (Å²) in [5.74, 6) is 0.124. The van der Waals surface area contributed by atoms with Gasteiger partial charge in [-0.3, -0.25) is 4.79 Å². The molecule has 0 radical (unpaired) electrons. The highest BCUT2D eigenvalue weighted by atomic mass is 16.2. The van der Waals surface area contributed by atoms with Crippen LogP contribution in [0, 0.1) is 0 Å². The molecule has 58 valence electrons. The molecule has 11 heavy (non-hydrogen) atoms. The second kappa shape index (κ2) is 2.08. The number of amides is 1. The van der Waals surface area contributed by atoms with E-state index in [1.807, 2.05) is 0 Å². The van der Waals surface area contributed by atoms with Gasteiger partial charge >= 0.3 is 0 Å². The summed E-state index contributed by atoms with van der Waals surface area (Å²) in [5, 5.41) is 3.88. The molecule has 4 heteroatoms. The van der Waals surface area contributed by atoms with Crippen molar-refractivity contribution in [2.45, 2.75) is 0 Å². The zero-order valence-corrected chi connectivity index (χ0v) is 6.29. The quantitative estimate of drug-likeness (QED) is 0.499. The lowest BCUT2D eigenvalue weighted by molar-refractivity contribution is -0.124. The van der Waals surface area contributed by atoms with Crippen LogP contribution in [0.25, 0.3) is 0 Å². The Balaban J connectivity index is 2.35. The van der Waals surface area contributed by atoms with E-state index in [0.717, 1.165) is 11.1 Å². The van der Waals surface area contributed by atoms with E-state index in [0.29, 0.717) is 13.1 Å². The molecule has 4 nitrogen and oxygen atoms in total. The molecule has 2 aliphatic heterocycles. The molecule has 0 aromatic rings. The van der Waals surface area contributed by atoms with Gasteiger partial charge in [0.25, 0.3) is 5.91 Å². The first-order chi connectivity index (χ1) is 5.29. The summed E-state index contributed by atoms with van der Waals surface area (Å²) in [7, 11) is 1.80. The fraction of sp³-hybridized carbons (Fsp3) is 0.429. The van der Waals surface area contributed by atoms with Crippen molar-refractivity contribution in [3.05, 3.63) is 11.1 Å². The first kappa shape index (κ1) is 6.39. The van der Waals surface area contributed by atoms with Gasteiger partial charge in [-0.2, -0.15) is 5.10 Å². The van der Waals surface area contributed by atoms with E-state index in [1.165, 1.54) is 0 Å². The van der Waals surface area contributed by atoms with E-state index in [4.69, 9.17) is 0 Å². The Morgan fingerprint density at radius 1 is 1.73 bits per heavy atom. The predicted molar refractivity (Wildman–Crippen MR) is 41.2 cm³/mol. The molecular formula is C7H9N3O. The van der Waals surface area contributed by atoms with Gasteiger partial charge in [-0.05, 0) is 0 Å². The van der Waals surface area contributed by atoms with Crippen molar-refractivity contribution < 1.29 is 4.79 Å². The molecule has 0 aliphatic carbocycles. The Labute approximate surface area is 64.6 Å². The maximum atomic E-state index is 11.3. The minimum atomic E-state index is 0.124. The predicted octanol–water partition coefficient (Wildman–Crippen LogP) is -0.656. The molecule has 1 amide bonds. The van der Waals surface area contributed by atoms with Crippen molar-refractivity contribution in [3.63, 3.8) is 0 Å². The monoisotopic (exact) mass is 151 g/mol. The molecule has 2 heterocycles. The normalized spacial score (nSPS) is 22.3. The molecule has 0 saturated heterocycles. The Bertz CT molecular complexity index is 267. The SMILES string of the molecule is CN1CC2=C(CNN=C2)C1=O. The van der Waals surface area contributed by atoms with Crippen LogP contribution in [0.3, 0.4) is 0 Å². The van der Waals surface area contributed by atoms with Crippen LogP contribution in [0.5, 0.6) is 0 Å². The molecule has 0 fully saturated rings. The van der Waals surface area contributed by atoms with Gasteiger partial charge in [0, 0.05) is 24.7 Å². The number of hydrazone groups is 1. The van der Waals surface area contributed by atoms with Crippen LogP contribution < -0.4 is 5.43 Å². The first-order valence-corrected chi connectivity index (χ1v) is 3.52. The summed E-state index contributed by atoms with van der Waals surface area (Å²) in [6.07, 6.45) is 1.72. The lowest BCUT2D eigenvalue weighted by Crippen LogP contribution is -2.24.